The van der Waals surface area contributed by atoms with Crippen LogP contribution in [0.1, 0.15) is 0 Å². The van der Waals surface area contributed by atoms with Crippen molar-refractivity contribution < 1.29 is 0 Å². The zero-order valence-electron chi connectivity index (χ0n) is 54.2. The predicted molar refractivity (Wildman–Crippen MR) is 423 cm³/mol. The van der Waals surface area contributed by atoms with E-state index in [1.165, 1.54) is 156 Å². The molecule has 6 aliphatic rings. The second-order valence-electron chi connectivity index (χ2n) is 27.4. The summed E-state index contributed by atoms with van der Waals surface area (Å²) in [6.45, 7) is -0.410. The highest BCUT2D eigenvalue weighted by Crippen LogP contribution is 2.54. The van der Waals surface area contributed by atoms with Gasteiger partial charge in [0, 0.05) is 118 Å². The molecule has 7 nitrogen and oxygen atoms in total. The highest BCUT2D eigenvalue weighted by molar-refractivity contribution is 7.03. The van der Waals surface area contributed by atoms with Crippen LogP contribution in [-0.2, 0) is 0 Å². The minimum atomic E-state index is -0.155. The largest absolute Gasteiger partial charge is 0.311 e. The number of para-hydroxylation sites is 9. The van der Waals surface area contributed by atoms with Crippen LogP contribution in [0, 0.1) is 0 Å². The number of nitrogens with zero attached hydrogens (tertiary/aromatic N) is 7. The van der Waals surface area contributed by atoms with Gasteiger partial charge in [0.2, 0.25) is 0 Å². The van der Waals surface area contributed by atoms with E-state index in [4.69, 9.17) is 0 Å². The van der Waals surface area contributed by atoms with Gasteiger partial charge in [0.1, 0.15) is 0 Å². The van der Waals surface area contributed by atoms with Crippen LogP contribution in [0.2, 0.25) is 0 Å². The lowest BCUT2D eigenvalue weighted by Crippen LogP contribution is -2.61. The lowest BCUT2D eigenvalue weighted by Gasteiger charge is -2.45. The second-order valence-corrected chi connectivity index (χ2v) is 27.4. The van der Waals surface area contributed by atoms with E-state index in [0.29, 0.717) is 0 Å². The van der Waals surface area contributed by atoms with E-state index in [1.807, 2.05) is 0 Å². The van der Waals surface area contributed by atoms with Gasteiger partial charge < -0.3 is 33.8 Å². The van der Waals surface area contributed by atoms with Crippen LogP contribution in [0.3, 0.4) is 0 Å². The molecule has 10 heteroatoms. The summed E-state index contributed by atoms with van der Waals surface area (Å²) < 4.78 is 2.72. The van der Waals surface area contributed by atoms with Gasteiger partial charge in [-0.1, -0.05) is 188 Å². The van der Waals surface area contributed by atoms with Crippen molar-refractivity contribution in [1.29, 1.82) is 0 Å². The Morgan fingerprint density at radius 3 is 0.960 bits per heavy atom. The summed E-state index contributed by atoms with van der Waals surface area (Å²) in [5.74, 6) is 0. The Hall–Kier alpha value is -12.9. The van der Waals surface area contributed by atoms with Gasteiger partial charge in [0.15, 0.2) is 0 Å². The summed E-state index contributed by atoms with van der Waals surface area (Å²) in [4.78, 5) is 15.3. The minimum absolute atomic E-state index is 0.108. The molecule has 0 saturated heterocycles. The minimum Gasteiger partial charge on any atom is -0.311 e. The van der Waals surface area contributed by atoms with Gasteiger partial charge in [0.25, 0.3) is 20.1 Å². The topological polar surface area (TPSA) is 23.9 Å². The molecule has 0 amide bonds. The number of aromatic nitrogens is 1. The molecule has 0 N–H and O–H groups in total. The van der Waals surface area contributed by atoms with Crippen molar-refractivity contribution >= 4 is 210 Å². The van der Waals surface area contributed by atoms with E-state index in [1.54, 1.807) is 0 Å². The molecule has 460 valence electrons. The quantitative estimate of drug-likeness (QED) is 0.154. The van der Waals surface area contributed by atoms with Gasteiger partial charge in [-0.2, -0.15) is 0 Å². The third kappa shape index (κ3) is 7.10. The van der Waals surface area contributed by atoms with Gasteiger partial charge >= 0.3 is 0 Å². The smallest absolute Gasteiger partial charge is 0.253 e. The fraction of sp³-hybridized carbons (Fsp3) is 0. The molecule has 17 aromatic rings. The molecule has 100 heavy (non-hydrogen) atoms. The molecule has 0 aliphatic carbocycles. The summed E-state index contributed by atoms with van der Waals surface area (Å²) in [6.07, 6.45) is 0. The highest BCUT2D eigenvalue weighted by atomic mass is 15.2. The molecule has 15 aromatic carbocycles. The molecule has 8 heterocycles. The van der Waals surface area contributed by atoms with Crippen molar-refractivity contribution in [3.63, 3.8) is 0 Å². The first-order valence-electron chi connectivity index (χ1n) is 34.9. The summed E-state index contributed by atoms with van der Waals surface area (Å²) in [7, 11) is 0. The van der Waals surface area contributed by atoms with Crippen molar-refractivity contribution in [3.05, 3.63) is 340 Å². The highest BCUT2D eigenvalue weighted by Gasteiger charge is 2.50. The zero-order chi connectivity index (χ0) is 65.0. The van der Waals surface area contributed by atoms with E-state index < -0.39 is 0 Å². The van der Waals surface area contributed by atoms with Crippen LogP contribution >= 0.6 is 0 Å². The van der Waals surface area contributed by atoms with E-state index in [0.717, 1.165) is 34.1 Å². The Morgan fingerprint density at radius 1 is 0.190 bits per heavy atom. The number of rotatable bonds is 6. The number of hydrogen-bond donors (Lipinski definition) is 0. The van der Waals surface area contributed by atoms with Gasteiger partial charge in [-0.05, 0) is 201 Å². The second kappa shape index (κ2) is 20.3. The van der Waals surface area contributed by atoms with Gasteiger partial charge in [0.05, 0.1) is 22.2 Å². The molecule has 23 rings (SSSR count). The maximum absolute atomic E-state index is 2.72. The first-order chi connectivity index (χ1) is 49.7. The summed E-state index contributed by atoms with van der Waals surface area (Å²) in [6, 6.07) is 128. The van der Waals surface area contributed by atoms with Gasteiger partial charge in [-0.25, -0.2) is 0 Å². The van der Waals surface area contributed by atoms with Crippen LogP contribution < -0.4 is 78.6 Å². The number of benzene rings is 15. The molecule has 0 bridgehead atoms. The third-order valence-electron chi connectivity index (χ3n) is 22.6. The summed E-state index contributed by atoms with van der Waals surface area (Å²) in [5.41, 5.74) is 36.2. The van der Waals surface area contributed by atoms with Crippen LogP contribution in [-0.4, -0.2) is 24.5 Å². The average molecular weight is 1270 g/mol. The van der Waals surface area contributed by atoms with Crippen molar-refractivity contribution in [2.45, 2.75) is 0 Å². The van der Waals surface area contributed by atoms with Crippen LogP contribution in [0.5, 0.6) is 0 Å². The molecule has 0 spiro atoms. The average Bonchev–Trinajstić information content (AvgIpc) is 1.44. The molecule has 0 saturated carbocycles. The van der Waals surface area contributed by atoms with Crippen LogP contribution in [0.4, 0.5) is 102 Å². The third-order valence-corrected chi connectivity index (χ3v) is 22.6. The maximum atomic E-state index is 2.72. The molecular weight excluding hydrogens is 1210 g/mol. The molecule has 0 radical (unpaired) electrons. The van der Waals surface area contributed by atoms with E-state index in [2.05, 4.69) is 374 Å². The van der Waals surface area contributed by atoms with Crippen molar-refractivity contribution in [1.82, 2.24) is 4.40 Å². The molecule has 6 aliphatic heterocycles. The van der Waals surface area contributed by atoms with Crippen molar-refractivity contribution in [3.8, 4) is 0 Å². The molecular formula is C90H56B3N7. The van der Waals surface area contributed by atoms with Crippen LogP contribution in [0.25, 0.3) is 38.1 Å². The van der Waals surface area contributed by atoms with Crippen molar-refractivity contribution in [2.24, 2.45) is 0 Å². The Balaban J connectivity index is 0.907. The maximum Gasteiger partial charge on any atom is 0.253 e. The Labute approximate surface area is 579 Å². The number of anilines is 18. The van der Waals surface area contributed by atoms with E-state index in [9.17, 15) is 0 Å². The van der Waals surface area contributed by atoms with Gasteiger partial charge in [-0.3, -0.25) is 0 Å². The Morgan fingerprint density at radius 2 is 0.520 bits per heavy atom. The van der Waals surface area contributed by atoms with E-state index in [-0.39, 0.29) is 20.1 Å². The fourth-order valence-electron chi connectivity index (χ4n) is 18.9. The lowest BCUT2D eigenvalue weighted by molar-refractivity contribution is 1.25. The number of hydrogen-bond acceptors (Lipinski definition) is 6. The fourth-order valence-corrected chi connectivity index (χ4v) is 18.9. The Bertz CT molecular complexity index is 6280. The summed E-state index contributed by atoms with van der Waals surface area (Å²) in [5, 5.41) is 4.97. The lowest BCUT2D eigenvalue weighted by atomic mass is 9.32. The predicted octanol–water partition coefficient (Wildman–Crippen LogP) is 17.1. The normalized spacial score (nSPS) is 14.0. The standard InChI is InChI=1S/C90H56B3N7/c1-7-28-57(29-8-1)94-70-43-22-19-40-65(70)91-68-56-81-63(55-82(68)98(61-36-15-5-16-37-61)76-48-25-46-74(94)85(76)91)84-89-64(54-69-90(84)99(62-38-17-6-18-39-62)79-51-27-47-75-86(79)92(69)66-41-20-23-44-71(66)95(75)58-30-9-2-10-31-58)83-73(100(81)89)52-53-80-88(83)93-67-42-21-24-45-72(67)96(59-32-11-3-12-33-59)77-49-26-50-78(87(77)93)97(80)60-34-13-4-14-35-60/h1-56H. The number of fused-ring (bicyclic) bond motifs is 20. The molecule has 0 fully saturated rings. The first kappa shape index (κ1) is 54.2. The summed E-state index contributed by atoms with van der Waals surface area (Å²) >= 11 is 0. The van der Waals surface area contributed by atoms with Crippen LogP contribution in [0.15, 0.2) is 340 Å². The van der Waals surface area contributed by atoms with E-state index >= 15 is 0 Å². The first-order valence-corrected chi connectivity index (χ1v) is 34.9. The Kier molecular flexibility index (Phi) is 11.0. The molecule has 0 unspecified atom stereocenters. The SMILES string of the molecule is c1ccc(N2c3ccccc3B3c4cc5c(cc4N(c4ccccc4)c4cccc2c43)c2c3c(cc4c6c7c(ccc6n5c42)N(c2ccccc2)c2cccc4c2B7c2ccccc2N4c2ccccc2)B2c4ccccc4N(c4ccccc4)c4cccc(c42)N3c2ccccc2)cc1. The van der Waals surface area contributed by atoms with Gasteiger partial charge in [-0.15, -0.1) is 0 Å². The molecule has 0 atom stereocenters. The van der Waals surface area contributed by atoms with Crippen molar-refractivity contribution in [2.75, 3.05) is 29.4 Å². The monoisotopic (exact) mass is 1270 g/mol. The zero-order valence-corrected chi connectivity index (χ0v) is 54.2. The molecule has 2 aromatic heterocycles.